The molecule has 24 heavy (non-hydrogen) atoms. The first-order valence-corrected chi connectivity index (χ1v) is 8.87. The summed E-state index contributed by atoms with van der Waals surface area (Å²) in [6.07, 6.45) is 1.05. The summed E-state index contributed by atoms with van der Waals surface area (Å²) in [6, 6.07) is 0. The van der Waals surface area contributed by atoms with Gasteiger partial charge in [-0.05, 0) is 20.3 Å². The number of quaternary nitrogens is 1. The lowest BCUT2D eigenvalue weighted by molar-refractivity contribution is -0.925. The molecule has 0 aromatic heterocycles. The summed E-state index contributed by atoms with van der Waals surface area (Å²) in [5.74, 6) is -1.47. The number of esters is 1. The minimum Gasteiger partial charge on any atom is -0.748 e. The fraction of sp³-hybridized carbons (Fsp3) is 0.600. The highest BCUT2D eigenvalue weighted by Crippen LogP contribution is 1.96. The van der Waals surface area contributed by atoms with Crippen molar-refractivity contribution in [3.05, 3.63) is 24.3 Å². The number of ether oxygens (including phenoxy) is 1. The first kappa shape index (κ1) is 24.5. The maximum absolute atomic E-state index is 11.2. The van der Waals surface area contributed by atoms with Crippen molar-refractivity contribution in [3.8, 4) is 0 Å². The molecule has 0 saturated heterocycles. The molecular formula is C15H28N2O6S. The van der Waals surface area contributed by atoms with Crippen molar-refractivity contribution in [2.45, 2.75) is 27.2 Å². The summed E-state index contributed by atoms with van der Waals surface area (Å²) in [7, 11) is -0.377. The minimum atomic E-state index is -4.30. The first-order valence-electron chi connectivity index (χ1n) is 7.29. The number of carbonyl (C=O) groups is 2. The zero-order valence-corrected chi connectivity index (χ0v) is 15.9. The van der Waals surface area contributed by atoms with Crippen molar-refractivity contribution in [3.63, 3.8) is 0 Å². The van der Waals surface area contributed by atoms with E-state index >= 15 is 0 Å². The van der Waals surface area contributed by atoms with Gasteiger partial charge in [0.15, 0.2) is 0 Å². The number of nitrogens with one attached hydrogen (secondary N) is 1. The zero-order valence-electron chi connectivity index (χ0n) is 15.0. The van der Waals surface area contributed by atoms with Crippen molar-refractivity contribution in [2.75, 3.05) is 33.0 Å². The Kier molecular flexibility index (Phi) is 11.2. The number of hydrogen-bond donors (Lipinski definition) is 1. The van der Waals surface area contributed by atoms with Crippen molar-refractivity contribution >= 4 is 22.0 Å². The van der Waals surface area contributed by atoms with Gasteiger partial charge in [-0.2, -0.15) is 5.43 Å². The molecule has 0 aliphatic rings. The van der Waals surface area contributed by atoms with E-state index in [0.29, 0.717) is 10.2 Å². The molecule has 0 aliphatic carbocycles. The van der Waals surface area contributed by atoms with Gasteiger partial charge in [0, 0.05) is 11.1 Å². The summed E-state index contributed by atoms with van der Waals surface area (Å²) >= 11 is 0. The average Bonchev–Trinajstić information content (AvgIpc) is 2.36. The molecule has 0 rings (SSSR count). The third-order valence-electron chi connectivity index (χ3n) is 2.49. The molecule has 0 aromatic rings. The van der Waals surface area contributed by atoms with Crippen LogP contribution in [0.1, 0.15) is 27.2 Å². The van der Waals surface area contributed by atoms with Crippen molar-refractivity contribution in [1.82, 2.24) is 5.43 Å². The Morgan fingerprint density at radius 1 is 1.17 bits per heavy atom. The van der Waals surface area contributed by atoms with Crippen LogP contribution in [0.3, 0.4) is 0 Å². The first-order chi connectivity index (χ1) is 10.7. The maximum atomic E-state index is 11.2. The van der Waals surface area contributed by atoms with Gasteiger partial charge in [-0.1, -0.05) is 20.1 Å². The fourth-order valence-corrected chi connectivity index (χ4v) is 1.63. The molecule has 0 spiro atoms. The summed E-state index contributed by atoms with van der Waals surface area (Å²) in [4.78, 5) is 21.8. The van der Waals surface area contributed by atoms with E-state index in [1.807, 2.05) is 14.1 Å². The lowest BCUT2D eigenvalue weighted by Crippen LogP contribution is -2.54. The lowest BCUT2D eigenvalue weighted by Gasteiger charge is -2.28. The van der Waals surface area contributed by atoms with Crippen molar-refractivity contribution in [1.29, 1.82) is 0 Å². The number of hydrogen-bond acceptors (Lipinski definition) is 6. The highest BCUT2D eigenvalue weighted by Gasteiger charge is 2.17. The molecule has 9 heteroatoms. The molecule has 0 unspecified atom stereocenters. The van der Waals surface area contributed by atoms with Crippen LogP contribution in [0.4, 0.5) is 0 Å². The van der Waals surface area contributed by atoms with E-state index in [4.69, 9.17) is 0 Å². The Hall–Kier alpha value is -1.71. The van der Waals surface area contributed by atoms with E-state index < -0.39 is 28.4 Å². The molecule has 1 N–H and O–H groups in total. The maximum Gasteiger partial charge on any atom is 0.333 e. The van der Waals surface area contributed by atoms with E-state index in [0.717, 1.165) is 13.0 Å². The summed E-state index contributed by atoms with van der Waals surface area (Å²) in [5, 5.41) is 0. The van der Waals surface area contributed by atoms with Crippen LogP contribution in [0, 0.1) is 0 Å². The van der Waals surface area contributed by atoms with Gasteiger partial charge in [0.25, 0.3) is 5.91 Å². The van der Waals surface area contributed by atoms with E-state index in [2.05, 4.69) is 30.2 Å². The van der Waals surface area contributed by atoms with Crippen LogP contribution in [0.25, 0.3) is 0 Å². The Bertz CT molecular complexity index is 567. The highest BCUT2D eigenvalue weighted by atomic mass is 32.2. The molecule has 0 bridgehead atoms. The van der Waals surface area contributed by atoms with Crippen LogP contribution >= 0.6 is 0 Å². The van der Waals surface area contributed by atoms with Gasteiger partial charge >= 0.3 is 5.97 Å². The normalized spacial score (nSPS) is 10.9. The standard InChI is InChI=1S/C9H18N2O.C6H10O5S/c1-6-7-11(4,5)10-9(12)8(2)3;1-5(2)6(7)11-3-4-12(8,9)10/h2,6-7H2,1,3-5H3;1,3-4H2,2H3,(H,8,9,10). The molecule has 0 heterocycles. The topological polar surface area (TPSA) is 113 Å². The second-order valence-corrected chi connectivity index (χ2v) is 7.33. The number of rotatable bonds is 8. The third-order valence-corrected chi connectivity index (χ3v) is 3.16. The van der Waals surface area contributed by atoms with Crippen LogP contribution in [0.15, 0.2) is 24.3 Å². The molecule has 0 saturated carbocycles. The van der Waals surface area contributed by atoms with Gasteiger partial charge in [0.05, 0.1) is 30.0 Å². The van der Waals surface area contributed by atoms with Gasteiger partial charge in [0.2, 0.25) is 0 Å². The molecule has 0 fully saturated rings. The number of amides is 1. The van der Waals surface area contributed by atoms with Crippen LogP contribution in [-0.2, 0) is 24.4 Å². The minimum absolute atomic E-state index is 0.0755. The average molecular weight is 364 g/mol. The Labute approximate surface area is 144 Å². The van der Waals surface area contributed by atoms with Gasteiger partial charge < -0.3 is 9.29 Å². The quantitative estimate of drug-likeness (QED) is 0.223. The van der Waals surface area contributed by atoms with E-state index in [1.165, 1.54) is 6.92 Å². The predicted octanol–water partition coefficient (Wildman–Crippen LogP) is 0.731. The van der Waals surface area contributed by atoms with E-state index in [-0.39, 0.29) is 11.5 Å². The Morgan fingerprint density at radius 3 is 2.00 bits per heavy atom. The highest BCUT2D eigenvalue weighted by molar-refractivity contribution is 7.85. The molecule has 0 atom stereocenters. The van der Waals surface area contributed by atoms with E-state index in [9.17, 15) is 22.6 Å². The lowest BCUT2D eigenvalue weighted by atomic mass is 10.3. The molecule has 0 radical (unpaired) electrons. The van der Waals surface area contributed by atoms with Crippen LogP contribution in [0.5, 0.6) is 0 Å². The largest absolute Gasteiger partial charge is 0.748 e. The van der Waals surface area contributed by atoms with Gasteiger partial charge in [-0.25, -0.2) is 17.8 Å². The molecule has 1 amide bonds. The van der Waals surface area contributed by atoms with Gasteiger partial charge in [-0.3, -0.25) is 4.79 Å². The van der Waals surface area contributed by atoms with Crippen molar-refractivity contribution < 1.29 is 31.9 Å². The van der Waals surface area contributed by atoms with Crippen LogP contribution in [0.2, 0.25) is 0 Å². The SMILES string of the molecule is C=C(C)C(=O)N[N+](C)(C)CCC.C=C(C)C(=O)OCCS(=O)(=O)[O-]. The smallest absolute Gasteiger partial charge is 0.333 e. The Morgan fingerprint density at radius 2 is 1.67 bits per heavy atom. The molecule has 0 aliphatic heterocycles. The number of carbonyl (C=O) groups excluding carboxylic acids is 2. The van der Waals surface area contributed by atoms with E-state index in [1.54, 1.807) is 6.92 Å². The fourth-order valence-electron chi connectivity index (χ4n) is 1.34. The Balaban J connectivity index is 0. The summed E-state index contributed by atoms with van der Waals surface area (Å²) in [6.45, 7) is 12.6. The summed E-state index contributed by atoms with van der Waals surface area (Å²) in [5.41, 5.74) is 3.57. The monoisotopic (exact) mass is 364 g/mol. The summed E-state index contributed by atoms with van der Waals surface area (Å²) < 4.78 is 34.9. The molecule has 8 nitrogen and oxygen atoms in total. The molecular weight excluding hydrogens is 336 g/mol. The number of nitrogens with zero attached hydrogens (tertiary/aromatic N) is 1. The molecule has 0 aromatic carbocycles. The van der Waals surface area contributed by atoms with Gasteiger partial charge in [-0.15, -0.1) is 0 Å². The van der Waals surface area contributed by atoms with Crippen LogP contribution in [-0.4, -0.2) is 62.4 Å². The zero-order chi connectivity index (χ0) is 19.6. The van der Waals surface area contributed by atoms with Gasteiger partial charge in [0.1, 0.15) is 13.2 Å². The predicted molar refractivity (Wildman–Crippen MR) is 90.6 cm³/mol. The second kappa shape index (κ2) is 11.0. The van der Waals surface area contributed by atoms with Crippen LogP contribution < -0.4 is 5.43 Å². The second-order valence-electron chi connectivity index (χ2n) is 5.81. The van der Waals surface area contributed by atoms with Crippen molar-refractivity contribution in [2.24, 2.45) is 0 Å². The molecule has 140 valence electrons. The third kappa shape index (κ3) is 15.2.